The Bertz CT molecular complexity index is 1010. The number of hydroxylamine groups is 2. The molecule has 1 heterocycles. The van der Waals surface area contributed by atoms with Gasteiger partial charge in [0, 0.05) is 18.2 Å². The van der Waals surface area contributed by atoms with Crippen molar-refractivity contribution in [3.63, 3.8) is 0 Å². The van der Waals surface area contributed by atoms with Gasteiger partial charge in [0.2, 0.25) is 0 Å². The molecule has 1 aliphatic rings. The van der Waals surface area contributed by atoms with Crippen LogP contribution in [0.15, 0.2) is 29.4 Å². The van der Waals surface area contributed by atoms with Gasteiger partial charge in [-0.25, -0.2) is 9.80 Å². The summed E-state index contributed by atoms with van der Waals surface area (Å²) in [4.78, 5) is 49.5. The first-order valence-corrected chi connectivity index (χ1v) is 10.7. The van der Waals surface area contributed by atoms with E-state index in [1.807, 2.05) is 0 Å². The fraction of sp³-hybridized carbons (Fsp3) is 0.522. The van der Waals surface area contributed by atoms with E-state index in [-0.39, 0.29) is 22.9 Å². The molecule has 2 rings (SSSR count). The molecule has 1 unspecified atom stereocenters. The number of hydrazone groups is 1. The summed E-state index contributed by atoms with van der Waals surface area (Å²) in [5, 5.41) is 18.5. The maximum atomic E-state index is 12.8. The molecule has 0 saturated heterocycles. The summed E-state index contributed by atoms with van der Waals surface area (Å²) < 4.78 is 10.3. The first kappa shape index (κ1) is 26.8. The van der Waals surface area contributed by atoms with Crippen molar-refractivity contribution in [2.75, 3.05) is 13.6 Å². The monoisotopic (exact) mass is 476 g/mol. The number of hydrogen-bond donors (Lipinski definition) is 2. The zero-order chi connectivity index (χ0) is 26.1. The van der Waals surface area contributed by atoms with E-state index in [0.29, 0.717) is 5.56 Å². The van der Waals surface area contributed by atoms with Crippen molar-refractivity contribution in [3.8, 4) is 0 Å². The fourth-order valence-electron chi connectivity index (χ4n) is 3.14. The van der Waals surface area contributed by atoms with Gasteiger partial charge >= 0.3 is 12.1 Å². The first-order valence-electron chi connectivity index (χ1n) is 10.7. The smallest absolute Gasteiger partial charge is 0.435 e. The molecular weight excluding hydrogens is 444 g/mol. The van der Waals surface area contributed by atoms with E-state index in [1.165, 1.54) is 38.2 Å². The molecular formula is C23H32N4O7. The minimum absolute atomic E-state index is 0.0917. The molecule has 3 amide bonds. The number of nitrogens with zero attached hydrogens (tertiary/aromatic N) is 3. The van der Waals surface area contributed by atoms with Crippen LogP contribution < -0.4 is 5.32 Å². The highest BCUT2D eigenvalue weighted by Gasteiger charge is 2.54. The molecule has 0 bridgehead atoms. The Hall–Kier alpha value is -3.47. The summed E-state index contributed by atoms with van der Waals surface area (Å²) in [7, 11) is 1.40. The zero-order valence-electron chi connectivity index (χ0n) is 20.8. The van der Waals surface area contributed by atoms with Gasteiger partial charge in [-0.1, -0.05) is 12.1 Å². The van der Waals surface area contributed by atoms with Gasteiger partial charge in [0.05, 0.1) is 0 Å². The van der Waals surface area contributed by atoms with E-state index in [9.17, 15) is 24.4 Å². The summed E-state index contributed by atoms with van der Waals surface area (Å²) in [5.74, 6) is -1.71. The van der Waals surface area contributed by atoms with Crippen LogP contribution in [0, 0.1) is 0 Å². The highest BCUT2D eigenvalue weighted by Crippen LogP contribution is 2.30. The summed E-state index contributed by atoms with van der Waals surface area (Å²) in [6.07, 6.45) is -1.11. The Morgan fingerprint density at radius 1 is 1.06 bits per heavy atom. The Labute approximate surface area is 198 Å². The van der Waals surface area contributed by atoms with Crippen molar-refractivity contribution in [2.45, 2.75) is 65.2 Å². The van der Waals surface area contributed by atoms with E-state index < -0.39 is 40.6 Å². The zero-order valence-corrected chi connectivity index (χ0v) is 20.8. The molecule has 0 radical (unpaired) electrons. The topological polar surface area (TPSA) is 138 Å². The molecule has 2 N–H and O–H groups in total. The lowest BCUT2D eigenvalue weighted by Crippen LogP contribution is -2.59. The number of esters is 1. The highest BCUT2D eigenvalue weighted by molar-refractivity contribution is 6.24. The van der Waals surface area contributed by atoms with Crippen molar-refractivity contribution < 1.29 is 33.9 Å². The van der Waals surface area contributed by atoms with Gasteiger partial charge in [0.15, 0.2) is 5.54 Å². The van der Waals surface area contributed by atoms with Crippen LogP contribution in [0.4, 0.5) is 4.79 Å². The van der Waals surface area contributed by atoms with E-state index >= 15 is 0 Å². The molecule has 0 aromatic heterocycles. The number of likely N-dealkylation sites (N-methyl/N-ethyl adjacent to an activating group) is 1. The van der Waals surface area contributed by atoms with Crippen LogP contribution in [0.3, 0.4) is 0 Å². The van der Waals surface area contributed by atoms with Crippen LogP contribution in [0.5, 0.6) is 0 Å². The highest BCUT2D eigenvalue weighted by atomic mass is 16.6. The van der Waals surface area contributed by atoms with E-state index in [0.717, 1.165) is 5.01 Å². The van der Waals surface area contributed by atoms with Crippen molar-refractivity contribution in [1.82, 2.24) is 15.4 Å². The molecule has 0 aliphatic carbocycles. The maximum absolute atomic E-state index is 12.8. The predicted molar refractivity (Wildman–Crippen MR) is 122 cm³/mol. The number of hydrogen-bond acceptors (Lipinski definition) is 8. The fourth-order valence-corrected chi connectivity index (χ4v) is 3.14. The van der Waals surface area contributed by atoms with Crippen molar-refractivity contribution in [1.29, 1.82) is 0 Å². The predicted octanol–water partition coefficient (Wildman–Crippen LogP) is 2.32. The third-order valence-electron chi connectivity index (χ3n) is 4.65. The molecule has 0 fully saturated rings. The van der Waals surface area contributed by atoms with Crippen molar-refractivity contribution in [3.05, 3.63) is 35.4 Å². The Kier molecular flexibility index (Phi) is 7.41. The lowest BCUT2D eigenvalue weighted by molar-refractivity contribution is -0.162. The van der Waals surface area contributed by atoms with Crippen LogP contribution in [-0.2, 0) is 19.1 Å². The minimum Gasteiger partial charge on any atom is -0.459 e. The largest absolute Gasteiger partial charge is 0.459 e. The average molecular weight is 477 g/mol. The summed E-state index contributed by atoms with van der Waals surface area (Å²) in [5.41, 5.74) is -2.67. The molecule has 1 aliphatic heterocycles. The van der Waals surface area contributed by atoms with Crippen LogP contribution in [0.2, 0.25) is 0 Å². The van der Waals surface area contributed by atoms with Crippen molar-refractivity contribution >= 4 is 29.6 Å². The third-order valence-corrected chi connectivity index (χ3v) is 4.65. The van der Waals surface area contributed by atoms with Gasteiger partial charge < -0.3 is 14.8 Å². The van der Waals surface area contributed by atoms with Gasteiger partial charge in [-0.15, -0.1) is 0 Å². The van der Waals surface area contributed by atoms with Gasteiger partial charge in [0.1, 0.15) is 23.5 Å². The lowest BCUT2D eigenvalue weighted by Gasteiger charge is -2.33. The summed E-state index contributed by atoms with van der Waals surface area (Å²) in [6.45, 7) is 11.1. The molecule has 34 heavy (non-hydrogen) atoms. The molecule has 1 aromatic rings. The lowest BCUT2D eigenvalue weighted by atomic mass is 9.89. The molecule has 11 heteroatoms. The molecule has 1 aromatic carbocycles. The number of carbonyl (C=O) groups is 4. The number of nitrogens with one attached hydrogen (secondary N) is 1. The average Bonchev–Trinajstić information content (AvgIpc) is 2.94. The molecule has 186 valence electrons. The number of rotatable bonds is 5. The first-order chi connectivity index (χ1) is 15.5. The van der Waals surface area contributed by atoms with Gasteiger partial charge in [-0.3, -0.25) is 19.6 Å². The Morgan fingerprint density at radius 3 is 2.09 bits per heavy atom. The second-order valence-corrected chi connectivity index (χ2v) is 9.99. The minimum atomic E-state index is -1.85. The second kappa shape index (κ2) is 9.41. The molecule has 11 nitrogen and oxygen atoms in total. The van der Waals surface area contributed by atoms with Gasteiger partial charge in [-0.2, -0.15) is 10.2 Å². The molecule has 0 saturated carbocycles. The SMILES string of the molecule is CN1N=C(c2ccc(C(=O)NCC(=O)OC(C)(C)C)cc2)C(C)(N(O)C(=O)OC(C)(C)C)C1=O. The summed E-state index contributed by atoms with van der Waals surface area (Å²) >= 11 is 0. The number of amides is 3. The second-order valence-electron chi connectivity index (χ2n) is 9.99. The van der Waals surface area contributed by atoms with Crippen LogP contribution >= 0.6 is 0 Å². The third kappa shape index (κ3) is 6.10. The Balaban J connectivity index is 2.21. The summed E-state index contributed by atoms with van der Waals surface area (Å²) in [6, 6.07) is 5.99. The van der Waals surface area contributed by atoms with E-state index in [1.54, 1.807) is 41.5 Å². The number of ether oxygens (including phenoxy) is 2. The van der Waals surface area contributed by atoms with Crippen molar-refractivity contribution in [2.24, 2.45) is 5.10 Å². The maximum Gasteiger partial charge on any atom is 0.435 e. The molecule has 0 spiro atoms. The van der Waals surface area contributed by atoms with E-state index in [4.69, 9.17) is 9.47 Å². The van der Waals surface area contributed by atoms with Gasteiger partial charge in [-0.05, 0) is 60.6 Å². The standard InChI is InChI=1S/C23H32N4O7/c1-21(2,3)33-16(28)13-24-18(29)15-11-9-14(10-12-15)17-23(7,19(30)26(8)25-17)27(32)20(31)34-22(4,5)6/h9-12,32H,13H2,1-8H3,(H,24,29). The quantitative estimate of drug-likeness (QED) is 0.378. The number of benzene rings is 1. The molecule has 1 atom stereocenters. The van der Waals surface area contributed by atoms with Crippen LogP contribution in [-0.4, -0.2) is 75.2 Å². The van der Waals surface area contributed by atoms with Gasteiger partial charge in [0.25, 0.3) is 11.8 Å². The normalized spacial score (nSPS) is 18.3. The number of carbonyl (C=O) groups excluding carboxylic acids is 4. The van der Waals surface area contributed by atoms with E-state index in [2.05, 4.69) is 10.4 Å². The van der Waals surface area contributed by atoms with Crippen LogP contribution in [0.1, 0.15) is 64.4 Å². The van der Waals surface area contributed by atoms with Crippen LogP contribution in [0.25, 0.3) is 0 Å². The Morgan fingerprint density at radius 2 is 1.59 bits per heavy atom.